The fraction of sp³-hybridized carbons (Fsp3) is 0.476. The second-order valence-electron chi connectivity index (χ2n) is 6.14. The first-order valence-electron chi connectivity index (χ1n) is 8.73. The SMILES string of the molecule is CC.CCC(C)c1cc(C)c(C)cc1Nc1ncc(C)cc1C. The molecule has 0 saturated carbocycles. The van der Waals surface area contributed by atoms with Crippen molar-refractivity contribution in [2.45, 2.75) is 67.7 Å². The van der Waals surface area contributed by atoms with Gasteiger partial charge in [-0.25, -0.2) is 4.98 Å². The Morgan fingerprint density at radius 3 is 2.13 bits per heavy atom. The number of rotatable bonds is 4. The van der Waals surface area contributed by atoms with Crippen LogP contribution in [0.1, 0.15) is 67.9 Å². The molecule has 0 spiro atoms. The van der Waals surface area contributed by atoms with E-state index in [-0.39, 0.29) is 0 Å². The molecule has 2 rings (SSSR count). The molecule has 0 aliphatic heterocycles. The predicted molar refractivity (Wildman–Crippen MR) is 103 cm³/mol. The van der Waals surface area contributed by atoms with Crippen LogP contribution in [0.5, 0.6) is 0 Å². The highest BCUT2D eigenvalue weighted by molar-refractivity contribution is 5.65. The Kier molecular flexibility index (Phi) is 7.28. The van der Waals surface area contributed by atoms with Crippen molar-refractivity contribution in [3.8, 4) is 0 Å². The van der Waals surface area contributed by atoms with Gasteiger partial charge >= 0.3 is 0 Å². The molecule has 1 atom stereocenters. The van der Waals surface area contributed by atoms with E-state index in [0.717, 1.165) is 12.2 Å². The summed E-state index contributed by atoms with van der Waals surface area (Å²) in [4.78, 5) is 4.54. The summed E-state index contributed by atoms with van der Waals surface area (Å²) in [5.74, 6) is 1.49. The molecule has 23 heavy (non-hydrogen) atoms. The van der Waals surface area contributed by atoms with Crippen molar-refractivity contribution in [3.63, 3.8) is 0 Å². The number of pyridine rings is 1. The van der Waals surface area contributed by atoms with Crippen molar-refractivity contribution in [1.82, 2.24) is 4.98 Å². The van der Waals surface area contributed by atoms with E-state index in [9.17, 15) is 0 Å². The van der Waals surface area contributed by atoms with E-state index >= 15 is 0 Å². The van der Waals surface area contributed by atoms with Crippen LogP contribution in [-0.4, -0.2) is 4.98 Å². The Balaban J connectivity index is 0.00000127. The van der Waals surface area contributed by atoms with Crippen molar-refractivity contribution >= 4 is 11.5 Å². The first-order chi connectivity index (χ1) is 10.9. The van der Waals surface area contributed by atoms with Crippen LogP contribution in [0.25, 0.3) is 0 Å². The molecule has 1 aromatic carbocycles. The third kappa shape index (κ3) is 4.82. The molecule has 0 saturated heterocycles. The van der Waals surface area contributed by atoms with Crippen LogP contribution in [0.4, 0.5) is 11.5 Å². The van der Waals surface area contributed by atoms with Gasteiger partial charge in [0.1, 0.15) is 5.82 Å². The highest BCUT2D eigenvalue weighted by Gasteiger charge is 2.12. The summed E-state index contributed by atoms with van der Waals surface area (Å²) in [6.45, 7) is 17.0. The molecule has 1 heterocycles. The zero-order valence-corrected chi connectivity index (χ0v) is 16.0. The highest BCUT2D eigenvalue weighted by atomic mass is 15.0. The average Bonchev–Trinajstić information content (AvgIpc) is 2.54. The van der Waals surface area contributed by atoms with Gasteiger partial charge in [-0.15, -0.1) is 0 Å². The Hall–Kier alpha value is -1.83. The standard InChI is InChI=1S/C19H26N2.C2H6/c1-7-13(3)17-9-14(4)15(5)10-18(17)21-19-16(6)8-12(2)11-20-19;1-2/h8-11,13H,7H2,1-6H3,(H,20,21);1-2H3. The molecular weight excluding hydrogens is 280 g/mol. The van der Waals surface area contributed by atoms with E-state index in [2.05, 4.69) is 70.0 Å². The van der Waals surface area contributed by atoms with E-state index in [1.807, 2.05) is 20.0 Å². The molecule has 0 aliphatic rings. The Bertz CT molecular complexity index is 645. The van der Waals surface area contributed by atoms with Crippen LogP contribution in [0.15, 0.2) is 24.4 Å². The van der Waals surface area contributed by atoms with Gasteiger partial charge in [-0.3, -0.25) is 0 Å². The number of anilines is 2. The summed E-state index contributed by atoms with van der Waals surface area (Å²) in [7, 11) is 0. The maximum absolute atomic E-state index is 4.54. The van der Waals surface area contributed by atoms with Gasteiger partial charge in [-0.05, 0) is 73.9 Å². The molecule has 0 amide bonds. The lowest BCUT2D eigenvalue weighted by Gasteiger charge is -2.19. The maximum Gasteiger partial charge on any atom is 0.133 e. The monoisotopic (exact) mass is 312 g/mol. The van der Waals surface area contributed by atoms with Crippen molar-refractivity contribution in [2.75, 3.05) is 5.32 Å². The molecule has 2 aromatic rings. The Morgan fingerprint density at radius 2 is 1.57 bits per heavy atom. The Labute approximate surface area is 142 Å². The second kappa shape index (κ2) is 8.71. The van der Waals surface area contributed by atoms with E-state index in [4.69, 9.17) is 0 Å². The number of aromatic nitrogens is 1. The van der Waals surface area contributed by atoms with Gasteiger partial charge in [-0.1, -0.05) is 39.8 Å². The van der Waals surface area contributed by atoms with Gasteiger partial charge in [0.2, 0.25) is 0 Å². The average molecular weight is 313 g/mol. The van der Waals surface area contributed by atoms with Crippen molar-refractivity contribution in [3.05, 3.63) is 52.2 Å². The van der Waals surface area contributed by atoms with Gasteiger partial charge in [0.25, 0.3) is 0 Å². The van der Waals surface area contributed by atoms with Crippen LogP contribution in [0, 0.1) is 27.7 Å². The normalized spacial score (nSPS) is 11.5. The number of benzene rings is 1. The van der Waals surface area contributed by atoms with Crippen LogP contribution in [0.2, 0.25) is 0 Å². The molecule has 1 aromatic heterocycles. The van der Waals surface area contributed by atoms with E-state index < -0.39 is 0 Å². The van der Waals surface area contributed by atoms with E-state index in [1.54, 1.807) is 0 Å². The number of hydrogen-bond acceptors (Lipinski definition) is 2. The quantitative estimate of drug-likeness (QED) is 0.688. The lowest BCUT2D eigenvalue weighted by Crippen LogP contribution is -2.04. The van der Waals surface area contributed by atoms with Crippen LogP contribution in [-0.2, 0) is 0 Å². The zero-order chi connectivity index (χ0) is 17.6. The molecule has 2 nitrogen and oxygen atoms in total. The van der Waals surface area contributed by atoms with Gasteiger partial charge in [0.15, 0.2) is 0 Å². The van der Waals surface area contributed by atoms with Crippen molar-refractivity contribution in [1.29, 1.82) is 0 Å². The summed E-state index contributed by atoms with van der Waals surface area (Å²) in [6.07, 6.45) is 3.05. The number of nitrogens with one attached hydrogen (secondary N) is 1. The molecule has 1 unspecified atom stereocenters. The minimum absolute atomic E-state index is 0.539. The summed E-state index contributed by atoms with van der Waals surface area (Å²) in [6, 6.07) is 6.73. The predicted octanol–water partition coefficient (Wildman–Crippen LogP) is 6.60. The molecule has 2 heteroatoms. The molecule has 0 fully saturated rings. The van der Waals surface area contributed by atoms with E-state index in [0.29, 0.717) is 5.92 Å². The fourth-order valence-electron chi connectivity index (χ4n) is 2.55. The number of nitrogens with zero attached hydrogens (tertiary/aromatic N) is 1. The summed E-state index contributed by atoms with van der Waals surface area (Å²) < 4.78 is 0. The molecule has 0 bridgehead atoms. The van der Waals surface area contributed by atoms with Gasteiger partial charge in [0.05, 0.1) is 0 Å². The molecule has 1 N–H and O–H groups in total. The third-order valence-corrected chi connectivity index (χ3v) is 4.28. The number of aryl methyl sites for hydroxylation is 4. The molecular formula is C21H32N2. The Morgan fingerprint density at radius 1 is 0.957 bits per heavy atom. The minimum atomic E-state index is 0.539. The van der Waals surface area contributed by atoms with Crippen molar-refractivity contribution < 1.29 is 0 Å². The molecule has 126 valence electrons. The smallest absolute Gasteiger partial charge is 0.133 e. The van der Waals surface area contributed by atoms with E-state index in [1.165, 1.54) is 33.5 Å². The fourth-order valence-corrected chi connectivity index (χ4v) is 2.55. The largest absolute Gasteiger partial charge is 0.340 e. The lowest BCUT2D eigenvalue weighted by molar-refractivity contribution is 0.734. The zero-order valence-electron chi connectivity index (χ0n) is 16.0. The molecule has 0 radical (unpaired) electrons. The van der Waals surface area contributed by atoms with Gasteiger partial charge < -0.3 is 5.32 Å². The minimum Gasteiger partial charge on any atom is -0.340 e. The summed E-state index contributed by atoms with van der Waals surface area (Å²) in [5.41, 5.74) is 7.61. The topological polar surface area (TPSA) is 24.9 Å². The summed E-state index contributed by atoms with van der Waals surface area (Å²) >= 11 is 0. The first kappa shape index (κ1) is 19.2. The van der Waals surface area contributed by atoms with Crippen molar-refractivity contribution in [2.24, 2.45) is 0 Å². The molecule has 0 aliphatic carbocycles. The third-order valence-electron chi connectivity index (χ3n) is 4.28. The second-order valence-corrected chi connectivity index (χ2v) is 6.14. The maximum atomic E-state index is 4.54. The van der Waals surface area contributed by atoms with Crippen LogP contribution >= 0.6 is 0 Å². The van der Waals surface area contributed by atoms with Crippen LogP contribution < -0.4 is 5.32 Å². The summed E-state index contributed by atoms with van der Waals surface area (Å²) in [5, 5.41) is 3.54. The van der Waals surface area contributed by atoms with Gasteiger partial charge in [0, 0.05) is 11.9 Å². The number of hydrogen-bond donors (Lipinski definition) is 1. The lowest BCUT2D eigenvalue weighted by atomic mass is 9.93. The van der Waals surface area contributed by atoms with Gasteiger partial charge in [-0.2, -0.15) is 0 Å². The highest BCUT2D eigenvalue weighted by Crippen LogP contribution is 2.32. The first-order valence-corrected chi connectivity index (χ1v) is 8.73. The van der Waals surface area contributed by atoms with Crippen LogP contribution in [0.3, 0.4) is 0 Å².